The molecule has 94 valence electrons. The summed E-state index contributed by atoms with van der Waals surface area (Å²) in [5.41, 5.74) is 6.94. The average molecular weight is 254 g/mol. The van der Waals surface area contributed by atoms with E-state index in [4.69, 9.17) is 5.73 Å². The first kappa shape index (κ1) is 12.5. The summed E-state index contributed by atoms with van der Waals surface area (Å²) in [5, 5.41) is 5.36. The van der Waals surface area contributed by atoms with E-state index in [9.17, 15) is 4.79 Å². The minimum absolute atomic E-state index is 0.0779. The highest BCUT2D eigenvalue weighted by Gasteiger charge is 2.17. The van der Waals surface area contributed by atoms with Crippen LogP contribution < -0.4 is 11.1 Å². The number of carbonyl (C=O) groups is 1. The van der Waals surface area contributed by atoms with Gasteiger partial charge in [-0.2, -0.15) is 0 Å². The molecule has 2 heterocycles. The van der Waals surface area contributed by atoms with Gasteiger partial charge in [-0.15, -0.1) is 11.3 Å². The smallest absolute Gasteiger partial charge is 0.223 e. The number of nitrogens with zero attached hydrogens (tertiary/aromatic N) is 2. The Labute approximate surface area is 105 Å². The van der Waals surface area contributed by atoms with Crippen LogP contribution in [0.25, 0.3) is 0 Å². The molecule has 6 heteroatoms. The number of thiazole rings is 1. The van der Waals surface area contributed by atoms with Gasteiger partial charge in [-0.3, -0.25) is 9.69 Å². The first-order valence-electron chi connectivity index (χ1n) is 5.83. The summed E-state index contributed by atoms with van der Waals surface area (Å²) in [5.74, 6) is -0.0779. The Morgan fingerprint density at radius 1 is 1.76 bits per heavy atom. The van der Waals surface area contributed by atoms with E-state index < -0.39 is 0 Å². The minimum Gasteiger partial charge on any atom is -0.327 e. The van der Waals surface area contributed by atoms with Crippen LogP contribution in [0.2, 0.25) is 0 Å². The molecule has 1 aliphatic heterocycles. The Balaban J connectivity index is 1.89. The van der Waals surface area contributed by atoms with Crippen molar-refractivity contribution < 1.29 is 4.79 Å². The van der Waals surface area contributed by atoms with E-state index in [2.05, 4.69) is 15.2 Å². The van der Waals surface area contributed by atoms with E-state index in [1.165, 1.54) is 18.3 Å². The summed E-state index contributed by atoms with van der Waals surface area (Å²) in [4.78, 5) is 17.6. The first-order chi connectivity index (χ1) is 8.13. The van der Waals surface area contributed by atoms with Crippen LogP contribution in [0.3, 0.4) is 0 Å². The van der Waals surface area contributed by atoms with E-state index in [-0.39, 0.29) is 11.9 Å². The third kappa shape index (κ3) is 3.76. The summed E-state index contributed by atoms with van der Waals surface area (Å²) < 4.78 is 0. The average Bonchev–Trinajstić information content (AvgIpc) is 2.64. The number of piperidine rings is 1. The van der Waals surface area contributed by atoms with Crippen LogP contribution in [0.15, 0.2) is 5.38 Å². The molecule has 2 rings (SSSR count). The second-order valence-corrected chi connectivity index (χ2v) is 5.32. The van der Waals surface area contributed by atoms with Gasteiger partial charge in [0.1, 0.15) is 0 Å². The number of nitrogens with one attached hydrogen (secondary N) is 1. The largest absolute Gasteiger partial charge is 0.327 e. The van der Waals surface area contributed by atoms with Gasteiger partial charge in [-0.25, -0.2) is 4.98 Å². The predicted octanol–water partition coefficient (Wildman–Crippen LogP) is 1.02. The van der Waals surface area contributed by atoms with Crippen molar-refractivity contribution in [3.8, 4) is 0 Å². The molecule has 0 spiro atoms. The summed E-state index contributed by atoms with van der Waals surface area (Å²) in [7, 11) is 0. The fourth-order valence-corrected chi connectivity index (χ4v) is 2.80. The van der Waals surface area contributed by atoms with Gasteiger partial charge < -0.3 is 11.1 Å². The number of amides is 1. The van der Waals surface area contributed by atoms with Crippen LogP contribution in [0.1, 0.15) is 25.5 Å². The van der Waals surface area contributed by atoms with Crippen molar-refractivity contribution in [2.24, 2.45) is 5.73 Å². The van der Waals surface area contributed by atoms with Crippen LogP contribution in [-0.2, 0) is 11.3 Å². The number of hydrogen-bond acceptors (Lipinski definition) is 5. The SMILES string of the molecule is CC(=O)Nc1nc(CN2CCC[C@@H](N)C2)cs1. The lowest BCUT2D eigenvalue weighted by Gasteiger charge is -2.29. The molecule has 1 fully saturated rings. The molecule has 1 atom stereocenters. The second-order valence-electron chi connectivity index (χ2n) is 4.46. The highest BCUT2D eigenvalue weighted by molar-refractivity contribution is 7.13. The molecular formula is C11H18N4OS. The molecule has 3 N–H and O–H groups in total. The van der Waals surface area contributed by atoms with Crippen molar-refractivity contribution in [2.75, 3.05) is 18.4 Å². The van der Waals surface area contributed by atoms with E-state index >= 15 is 0 Å². The Morgan fingerprint density at radius 2 is 2.59 bits per heavy atom. The fourth-order valence-electron chi connectivity index (χ4n) is 2.05. The van der Waals surface area contributed by atoms with Crippen molar-refractivity contribution in [1.82, 2.24) is 9.88 Å². The van der Waals surface area contributed by atoms with Crippen molar-refractivity contribution in [3.05, 3.63) is 11.1 Å². The summed E-state index contributed by atoms with van der Waals surface area (Å²) in [6.45, 7) is 4.34. The molecule has 5 nitrogen and oxygen atoms in total. The number of nitrogens with two attached hydrogens (primary N) is 1. The lowest BCUT2D eigenvalue weighted by molar-refractivity contribution is -0.114. The lowest BCUT2D eigenvalue weighted by atomic mass is 10.1. The number of likely N-dealkylation sites (tertiary alicyclic amines) is 1. The molecule has 1 amide bonds. The molecule has 0 saturated carbocycles. The van der Waals surface area contributed by atoms with Gasteiger partial charge in [0.25, 0.3) is 0 Å². The normalized spacial score (nSPS) is 21.4. The minimum atomic E-state index is -0.0779. The maximum atomic E-state index is 10.9. The van der Waals surface area contributed by atoms with E-state index in [1.54, 1.807) is 0 Å². The number of carbonyl (C=O) groups excluding carboxylic acids is 1. The van der Waals surface area contributed by atoms with Crippen molar-refractivity contribution >= 4 is 22.4 Å². The molecule has 0 radical (unpaired) electrons. The Hall–Kier alpha value is -0.980. The summed E-state index contributed by atoms with van der Waals surface area (Å²) >= 11 is 1.47. The molecular weight excluding hydrogens is 236 g/mol. The monoisotopic (exact) mass is 254 g/mol. The van der Waals surface area contributed by atoms with Crippen LogP contribution in [0.5, 0.6) is 0 Å². The van der Waals surface area contributed by atoms with Gasteiger partial charge in [-0.1, -0.05) is 0 Å². The number of aromatic nitrogens is 1. The van der Waals surface area contributed by atoms with Crippen LogP contribution in [0, 0.1) is 0 Å². The zero-order valence-electron chi connectivity index (χ0n) is 9.98. The number of hydrogen-bond donors (Lipinski definition) is 2. The van der Waals surface area contributed by atoms with Crippen LogP contribution >= 0.6 is 11.3 Å². The van der Waals surface area contributed by atoms with Crippen LogP contribution in [0.4, 0.5) is 5.13 Å². The number of anilines is 1. The second kappa shape index (κ2) is 5.57. The van der Waals surface area contributed by atoms with Gasteiger partial charge in [-0.05, 0) is 19.4 Å². The highest BCUT2D eigenvalue weighted by Crippen LogP contribution is 2.18. The molecule has 0 aromatic carbocycles. The topological polar surface area (TPSA) is 71.2 Å². The molecule has 0 bridgehead atoms. The Morgan fingerprint density at radius 3 is 3.29 bits per heavy atom. The quantitative estimate of drug-likeness (QED) is 0.845. The molecule has 0 aliphatic carbocycles. The number of rotatable bonds is 3. The third-order valence-electron chi connectivity index (χ3n) is 2.76. The molecule has 1 aromatic heterocycles. The fraction of sp³-hybridized carbons (Fsp3) is 0.636. The van der Waals surface area contributed by atoms with Crippen molar-refractivity contribution in [2.45, 2.75) is 32.4 Å². The Kier molecular flexibility index (Phi) is 4.09. The molecule has 0 unspecified atom stereocenters. The van der Waals surface area contributed by atoms with E-state index in [0.29, 0.717) is 5.13 Å². The predicted molar refractivity (Wildman–Crippen MR) is 68.9 cm³/mol. The van der Waals surface area contributed by atoms with Crippen LogP contribution in [-0.4, -0.2) is 34.9 Å². The zero-order chi connectivity index (χ0) is 12.3. The maximum Gasteiger partial charge on any atom is 0.223 e. The van der Waals surface area contributed by atoms with E-state index in [0.717, 1.165) is 38.2 Å². The first-order valence-corrected chi connectivity index (χ1v) is 6.71. The van der Waals surface area contributed by atoms with Gasteiger partial charge >= 0.3 is 0 Å². The molecule has 17 heavy (non-hydrogen) atoms. The molecule has 1 saturated heterocycles. The molecule has 1 aromatic rings. The zero-order valence-corrected chi connectivity index (χ0v) is 10.8. The van der Waals surface area contributed by atoms with Gasteiger partial charge in [0.15, 0.2) is 5.13 Å². The summed E-state index contributed by atoms with van der Waals surface area (Å²) in [6.07, 6.45) is 2.27. The third-order valence-corrected chi connectivity index (χ3v) is 3.57. The van der Waals surface area contributed by atoms with Gasteiger partial charge in [0, 0.05) is 31.4 Å². The Bertz CT molecular complexity index is 393. The molecule has 1 aliphatic rings. The lowest BCUT2D eigenvalue weighted by Crippen LogP contribution is -2.42. The van der Waals surface area contributed by atoms with Crippen molar-refractivity contribution in [3.63, 3.8) is 0 Å². The van der Waals surface area contributed by atoms with E-state index in [1.807, 2.05) is 5.38 Å². The summed E-state index contributed by atoms with van der Waals surface area (Å²) in [6, 6.07) is 0.289. The van der Waals surface area contributed by atoms with Gasteiger partial charge in [0.05, 0.1) is 5.69 Å². The van der Waals surface area contributed by atoms with Gasteiger partial charge in [0.2, 0.25) is 5.91 Å². The maximum absolute atomic E-state index is 10.9. The highest BCUT2D eigenvalue weighted by atomic mass is 32.1. The standard InChI is InChI=1S/C11H18N4OS/c1-8(16)13-11-14-10(7-17-11)6-15-4-2-3-9(12)5-15/h7,9H,2-6,12H2,1H3,(H,13,14,16)/t9-/m1/s1. The van der Waals surface area contributed by atoms with Crippen molar-refractivity contribution in [1.29, 1.82) is 0 Å².